The Hall–Kier alpha value is -1.46. The van der Waals surface area contributed by atoms with Crippen LogP contribution >= 0.6 is 0 Å². The fourth-order valence-corrected chi connectivity index (χ4v) is 7.38. The summed E-state index contributed by atoms with van der Waals surface area (Å²) in [4.78, 5) is 13.1. The Balaban J connectivity index is 2.53. The molecule has 1 fully saturated rings. The number of aliphatic hydroxyl groups is 5. The van der Waals surface area contributed by atoms with Crippen LogP contribution in [0.2, 0.25) is 0 Å². The molecule has 14 heteroatoms. The van der Waals surface area contributed by atoms with Gasteiger partial charge in [0, 0.05) is 0 Å². The molecule has 0 bridgehead atoms. The molecule has 8 atom stereocenters. The maximum Gasteiger partial charge on any atom is 0.397 e. The first-order chi connectivity index (χ1) is 26.9. The van der Waals surface area contributed by atoms with Gasteiger partial charge >= 0.3 is 10.4 Å². The molecule has 0 aromatic rings. The molecule has 56 heavy (non-hydrogen) atoms. The lowest BCUT2D eigenvalue weighted by Crippen LogP contribution is -2.61. The number of carbonyl (C=O) groups is 1. The molecular weight excluding hydrogens is 743 g/mol. The smallest absolute Gasteiger partial charge is 0.394 e. The van der Waals surface area contributed by atoms with E-state index in [9.17, 15) is 38.7 Å². The number of hydrogen-bond donors (Lipinski definition) is 7. The van der Waals surface area contributed by atoms with Crippen LogP contribution in [0.4, 0.5) is 0 Å². The molecule has 1 heterocycles. The molecule has 1 saturated heterocycles. The van der Waals surface area contributed by atoms with Gasteiger partial charge in [0.25, 0.3) is 0 Å². The second kappa shape index (κ2) is 33.4. The molecule has 1 aliphatic rings. The van der Waals surface area contributed by atoms with E-state index in [1.807, 2.05) is 0 Å². The summed E-state index contributed by atoms with van der Waals surface area (Å²) in [5, 5.41) is 55.1. The van der Waals surface area contributed by atoms with Crippen LogP contribution in [0.5, 0.6) is 0 Å². The van der Waals surface area contributed by atoms with Crippen LogP contribution in [0.15, 0.2) is 24.3 Å². The quantitative estimate of drug-likeness (QED) is 0.0199. The monoisotopic (exact) mass is 822 g/mol. The van der Waals surface area contributed by atoms with Crippen molar-refractivity contribution in [2.75, 3.05) is 13.2 Å². The van der Waals surface area contributed by atoms with Gasteiger partial charge in [-0.1, -0.05) is 160 Å². The van der Waals surface area contributed by atoms with Gasteiger partial charge in [-0.15, -0.1) is 0 Å². The maximum atomic E-state index is 13.1. The first kappa shape index (κ1) is 52.6. The summed E-state index contributed by atoms with van der Waals surface area (Å²) in [6.07, 6.45) is 23.8. The summed E-state index contributed by atoms with van der Waals surface area (Å²) in [7, 11) is -5.10. The highest BCUT2D eigenvalue weighted by Gasteiger charge is 2.48. The number of unbranched alkanes of at least 4 members (excludes halogenated alkanes) is 20. The number of aliphatic hydroxyl groups excluding tert-OH is 5. The Bertz CT molecular complexity index is 1120. The van der Waals surface area contributed by atoms with Crippen molar-refractivity contribution in [3.05, 3.63) is 24.3 Å². The molecule has 0 radical (unpaired) electrons. The Kier molecular flexibility index (Phi) is 31.3. The summed E-state index contributed by atoms with van der Waals surface area (Å²) in [6, 6.07) is -1.03. The molecule has 0 aromatic heterocycles. The molecule has 1 amide bonds. The van der Waals surface area contributed by atoms with Crippen LogP contribution in [-0.4, -0.2) is 107 Å². The molecule has 8 unspecified atom stereocenters. The molecule has 0 aromatic carbocycles. The molecule has 0 aliphatic carbocycles. The summed E-state index contributed by atoms with van der Waals surface area (Å²) in [6.45, 7) is 3.20. The van der Waals surface area contributed by atoms with E-state index in [0.717, 1.165) is 57.8 Å². The lowest BCUT2D eigenvalue weighted by Gasteiger charge is -2.41. The largest absolute Gasteiger partial charge is 0.397 e. The van der Waals surface area contributed by atoms with Gasteiger partial charge in [0.05, 0.1) is 25.4 Å². The van der Waals surface area contributed by atoms with Crippen LogP contribution in [0.3, 0.4) is 0 Å². The SMILES string of the molecule is CCCCC/C=C\C=C/CCCCCCCCCCCC(O)C(=O)NC(COC1OC(CO)C(O)C(OS(=O)(=O)O)C1O)C(O)CCCCCCCCCCC. The number of nitrogens with one attached hydrogen (secondary N) is 1. The van der Waals surface area contributed by atoms with E-state index in [-0.39, 0.29) is 6.42 Å². The number of rotatable bonds is 36. The van der Waals surface area contributed by atoms with E-state index < -0.39 is 78.5 Å². The first-order valence-electron chi connectivity index (χ1n) is 21.8. The van der Waals surface area contributed by atoms with Crippen LogP contribution in [0, 0.1) is 0 Å². The average molecular weight is 822 g/mol. The van der Waals surface area contributed by atoms with Crippen LogP contribution in [-0.2, 0) is 28.9 Å². The zero-order valence-electron chi connectivity index (χ0n) is 34.6. The second-order valence-electron chi connectivity index (χ2n) is 15.5. The third kappa shape index (κ3) is 25.8. The minimum atomic E-state index is -5.10. The lowest BCUT2D eigenvalue weighted by atomic mass is 9.99. The van der Waals surface area contributed by atoms with Gasteiger partial charge in [-0.05, 0) is 38.5 Å². The highest BCUT2D eigenvalue weighted by Crippen LogP contribution is 2.26. The Morgan fingerprint density at radius 1 is 0.714 bits per heavy atom. The van der Waals surface area contributed by atoms with Gasteiger partial charge in [-0.2, -0.15) is 8.42 Å². The molecular formula is C42H79NO12S. The van der Waals surface area contributed by atoms with Crippen LogP contribution < -0.4 is 5.32 Å². The van der Waals surface area contributed by atoms with Crippen molar-refractivity contribution in [2.45, 2.75) is 223 Å². The average Bonchev–Trinajstić information content (AvgIpc) is 3.16. The Morgan fingerprint density at radius 3 is 1.70 bits per heavy atom. The second-order valence-corrected chi connectivity index (χ2v) is 16.5. The van der Waals surface area contributed by atoms with Crippen molar-refractivity contribution in [3.8, 4) is 0 Å². The number of amides is 1. The third-order valence-electron chi connectivity index (χ3n) is 10.4. The summed E-state index contributed by atoms with van der Waals surface area (Å²) >= 11 is 0. The number of ether oxygens (including phenoxy) is 2. The van der Waals surface area contributed by atoms with Gasteiger partial charge in [0.15, 0.2) is 6.29 Å². The van der Waals surface area contributed by atoms with Crippen molar-refractivity contribution in [3.63, 3.8) is 0 Å². The van der Waals surface area contributed by atoms with E-state index in [1.54, 1.807) is 0 Å². The van der Waals surface area contributed by atoms with Gasteiger partial charge in [0.2, 0.25) is 5.91 Å². The zero-order chi connectivity index (χ0) is 41.4. The first-order valence-corrected chi connectivity index (χ1v) is 23.2. The van der Waals surface area contributed by atoms with Crippen molar-refractivity contribution in [1.29, 1.82) is 0 Å². The molecule has 330 valence electrons. The summed E-state index contributed by atoms with van der Waals surface area (Å²) in [5.41, 5.74) is 0. The number of carbonyl (C=O) groups excluding carboxylic acids is 1. The van der Waals surface area contributed by atoms with Crippen molar-refractivity contribution in [1.82, 2.24) is 5.32 Å². The molecule has 1 rings (SSSR count). The molecule has 0 saturated carbocycles. The van der Waals surface area contributed by atoms with E-state index in [2.05, 4.69) is 47.7 Å². The highest BCUT2D eigenvalue weighted by molar-refractivity contribution is 7.80. The predicted molar refractivity (Wildman–Crippen MR) is 219 cm³/mol. The van der Waals surface area contributed by atoms with Gasteiger partial charge in [0.1, 0.15) is 30.5 Å². The van der Waals surface area contributed by atoms with Gasteiger partial charge < -0.3 is 40.3 Å². The van der Waals surface area contributed by atoms with Crippen LogP contribution in [0.25, 0.3) is 0 Å². The number of allylic oxidation sites excluding steroid dienone is 4. The Labute approximate surface area is 338 Å². The fraction of sp³-hybridized carbons (Fsp3) is 0.881. The minimum absolute atomic E-state index is 0.254. The maximum absolute atomic E-state index is 13.1. The molecule has 0 spiro atoms. The van der Waals surface area contributed by atoms with Crippen molar-refractivity contribution >= 4 is 16.3 Å². The summed E-state index contributed by atoms with van der Waals surface area (Å²) in [5.74, 6) is -0.677. The van der Waals surface area contributed by atoms with E-state index in [1.165, 1.54) is 77.0 Å². The standard InChI is InChI=1S/C42H79NO12S/c1-3-5-7-9-11-13-14-15-16-17-18-19-20-21-23-25-27-29-31-36(46)41(49)43-34(35(45)30-28-26-24-22-12-10-8-6-4-2)33-53-42-39(48)40(55-56(50,51)52)38(47)37(32-44)54-42/h11,13-15,34-40,42,44-48H,3-10,12,16-33H2,1-2H3,(H,43,49)(H,50,51,52)/b13-11-,15-14-. The zero-order valence-corrected chi connectivity index (χ0v) is 35.4. The third-order valence-corrected chi connectivity index (χ3v) is 10.9. The molecule has 13 nitrogen and oxygen atoms in total. The van der Waals surface area contributed by atoms with E-state index in [4.69, 9.17) is 14.0 Å². The summed E-state index contributed by atoms with van der Waals surface area (Å²) < 4.78 is 47.4. The number of hydrogen-bond acceptors (Lipinski definition) is 11. The van der Waals surface area contributed by atoms with E-state index in [0.29, 0.717) is 19.3 Å². The normalized spacial score (nSPS) is 22.2. The van der Waals surface area contributed by atoms with Gasteiger partial charge in [-0.3, -0.25) is 9.35 Å². The molecule has 1 aliphatic heterocycles. The predicted octanol–water partition coefficient (Wildman–Crippen LogP) is 6.74. The fourth-order valence-electron chi connectivity index (χ4n) is 6.87. The van der Waals surface area contributed by atoms with Crippen molar-refractivity contribution in [2.24, 2.45) is 0 Å². The topological polar surface area (TPSA) is 212 Å². The van der Waals surface area contributed by atoms with E-state index >= 15 is 0 Å². The minimum Gasteiger partial charge on any atom is -0.394 e. The van der Waals surface area contributed by atoms with Crippen LogP contribution in [0.1, 0.15) is 174 Å². The lowest BCUT2D eigenvalue weighted by molar-refractivity contribution is -0.298. The highest BCUT2D eigenvalue weighted by atomic mass is 32.3. The van der Waals surface area contributed by atoms with Crippen molar-refractivity contribution < 1.29 is 57.0 Å². The Morgan fingerprint density at radius 2 is 1.18 bits per heavy atom. The molecule has 7 N–H and O–H groups in total. The van der Waals surface area contributed by atoms with Gasteiger partial charge in [-0.25, -0.2) is 4.18 Å².